The van der Waals surface area contributed by atoms with Crippen molar-refractivity contribution in [2.24, 2.45) is 0 Å². The molecule has 0 radical (unpaired) electrons. The molecule has 0 aromatic heterocycles. The summed E-state index contributed by atoms with van der Waals surface area (Å²) in [5, 5.41) is 0. The molecule has 0 fully saturated rings. The van der Waals surface area contributed by atoms with E-state index in [0.717, 1.165) is 0 Å². The van der Waals surface area contributed by atoms with Crippen molar-refractivity contribution in [1.29, 1.82) is 0 Å². The largest absolute Gasteiger partial charge is 0.107 e. The molecule has 0 saturated carbocycles. The van der Waals surface area contributed by atoms with Gasteiger partial charge >= 0.3 is 0 Å². The van der Waals surface area contributed by atoms with Gasteiger partial charge in [-0.25, -0.2) is 0 Å². The van der Waals surface area contributed by atoms with Crippen LogP contribution >= 0.6 is 0 Å². The van der Waals surface area contributed by atoms with Gasteiger partial charge in [0.1, 0.15) is 0 Å². The lowest BCUT2D eigenvalue weighted by molar-refractivity contribution is 1.35. The molecule has 0 aliphatic carbocycles. The van der Waals surface area contributed by atoms with Crippen molar-refractivity contribution in [2.75, 3.05) is 0 Å². The van der Waals surface area contributed by atoms with Crippen molar-refractivity contribution in [1.82, 2.24) is 0 Å². The molecule has 0 aromatic rings. The summed E-state index contributed by atoms with van der Waals surface area (Å²) in [5.74, 6) is 0. The Morgan fingerprint density at radius 3 is 1.77 bits per heavy atom. The lowest BCUT2D eigenvalue weighted by Gasteiger charge is -2.38. The van der Waals surface area contributed by atoms with Gasteiger partial charge in [-0.15, -0.1) is 19.7 Å². The fourth-order valence-electron chi connectivity index (χ4n) is 1.64. The number of allylic oxidation sites excluding steroid dienone is 1. The van der Waals surface area contributed by atoms with Crippen LogP contribution < -0.4 is 0 Å². The Labute approximate surface area is 84.9 Å². The first-order valence-corrected chi connectivity index (χ1v) is 11.4. The van der Waals surface area contributed by atoms with Crippen LogP contribution in [0.1, 0.15) is 6.92 Å². The van der Waals surface area contributed by atoms with Gasteiger partial charge in [0.2, 0.25) is 0 Å². The number of hydrogen-bond donors (Lipinski definition) is 0. The van der Waals surface area contributed by atoms with Crippen LogP contribution in [-0.2, 0) is 0 Å². The fraction of sp³-hybridized carbons (Fsp3) is 0.455. The molecular formula is C11H22Si2. The topological polar surface area (TPSA) is 0 Å². The molecule has 0 aliphatic rings. The molecule has 0 rings (SSSR count). The summed E-state index contributed by atoms with van der Waals surface area (Å²) in [6, 6.07) is 2.50. The Hall–Kier alpha value is -0.346. The van der Waals surface area contributed by atoms with Crippen molar-refractivity contribution in [3.63, 3.8) is 0 Å². The first-order chi connectivity index (χ1) is 5.99. The molecule has 0 bridgehead atoms. The number of hydrogen-bond acceptors (Lipinski definition) is 0. The van der Waals surface area contributed by atoms with Crippen LogP contribution in [0.3, 0.4) is 0 Å². The van der Waals surface area contributed by atoms with E-state index in [0.29, 0.717) is 0 Å². The highest BCUT2D eigenvalue weighted by molar-refractivity contribution is 7.45. The van der Waals surface area contributed by atoms with E-state index in [1.54, 1.807) is 0 Å². The summed E-state index contributed by atoms with van der Waals surface area (Å²) in [6.45, 7) is 19.0. The predicted octanol–water partition coefficient (Wildman–Crippen LogP) is 3.88. The molecule has 0 aliphatic heterocycles. The molecule has 0 saturated heterocycles. The monoisotopic (exact) mass is 210 g/mol. The quantitative estimate of drug-likeness (QED) is 0.461. The zero-order valence-electron chi connectivity index (χ0n) is 9.27. The SMILES string of the molecule is C=CC[Si](C)(CC)[Si](C)(C=C)C=C. The summed E-state index contributed by atoms with van der Waals surface area (Å²) in [4.78, 5) is 0. The third-order valence-electron chi connectivity index (χ3n) is 3.52. The van der Waals surface area contributed by atoms with Gasteiger partial charge in [-0.2, -0.15) is 0 Å². The highest BCUT2D eigenvalue weighted by Crippen LogP contribution is 2.29. The van der Waals surface area contributed by atoms with Crippen LogP contribution in [0.25, 0.3) is 0 Å². The molecule has 0 spiro atoms. The maximum atomic E-state index is 3.99. The summed E-state index contributed by atoms with van der Waals surface area (Å²) in [6.07, 6.45) is 2.08. The Kier molecular flexibility index (Phi) is 4.64. The van der Waals surface area contributed by atoms with E-state index in [1.807, 2.05) is 0 Å². The van der Waals surface area contributed by atoms with Crippen LogP contribution in [0.5, 0.6) is 0 Å². The lowest BCUT2D eigenvalue weighted by Crippen LogP contribution is -2.55. The van der Waals surface area contributed by atoms with E-state index < -0.39 is 15.2 Å². The van der Waals surface area contributed by atoms with Crippen LogP contribution in [0.2, 0.25) is 25.2 Å². The second-order valence-electron chi connectivity index (χ2n) is 4.10. The average molecular weight is 210 g/mol. The van der Waals surface area contributed by atoms with E-state index in [2.05, 4.69) is 57.2 Å². The Balaban J connectivity index is 5.00. The molecule has 74 valence electrons. The predicted molar refractivity (Wildman–Crippen MR) is 69.1 cm³/mol. The molecular weight excluding hydrogens is 188 g/mol. The second kappa shape index (κ2) is 4.77. The van der Waals surface area contributed by atoms with Crippen LogP contribution in [0.4, 0.5) is 0 Å². The first kappa shape index (κ1) is 12.7. The van der Waals surface area contributed by atoms with Crippen molar-refractivity contribution in [2.45, 2.75) is 32.1 Å². The summed E-state index contributed by atoms with van der Waals surface area (Å²) >= 11 is 0. The van der Waals surface area contributed by atoms with Crippen LogP contribution in [0, 0.1) is 0 Å². The maximum Gasteiger partial charge on any atom is 0.0896 e. The van der Waals surface area contributed by atoms with E-state index >= 15 is 0 Å². The molecule has 2 heteroatoms. The zero-order valence-corrected chi connectivity index (χ0v) is 11.3. The molecule has 1 atom stereocenters. The minimum absolute atomic E-state index is 1.19. The maximum absolute atomic E-state index is 3.99. The van der Waals surface area contributed by atoms with Crippen molar-refractivity contribution in [3.05, 3.63) is 37.2 Å². The highest BCUT2D eigenvalue weighted by atomic mass is 29.3. The van der Waals surface area contributed by atoms with Gasteiger partial charge in [-0.3, -0.25) is 0 Å². The Morgan fingerprint density at radius 1 is 1.08 bits per heavy atom. The zero-order chi connectivity index (χ0) is 10.5. The third kappa shape index (κ3) is 2.32. The molecule has 0 aromatic carbocycles. The first-order valence-electron chi connectivity index (χ1n) is 4.87. The third-order valence-corrected chi connectivity index (χ3v) is 21.3. The minimum atomic E-state index is -1.38. The fourth-order valence-corrected chi connectivity index (χ4v) is 11.9. The van der Waals surface area contributed by atoms with Crippen molar-refractivity contribution >= 4 is 15.2 Å². The second-order valence-corrected chi connectivity index (χ2v) is 18.6. The van der Waals surface area contributed by atoms with Crippen LogP contribution in [-0.4, -0.2) is 15.2 Å². The van der Waals surface area contributed by atoms with Crippen molar-refractivity contribution in [3.8, 4) is 0 Å². The molecule has 0 amide bonds. The van der Waals surface area contributed by atoms with Gasteiger partial charge in [0, 0.05) is 0 Å². The minimum Gasteiger partial charge on any atom is -0.107 e. The average Bonchev–Trinajstić information content (AvgIpc) is 2.16. The smallest absolute Gasteiger partial charge is 0.0896 e. The standard InChI is InChI=1S/C11H22Si2/c1-7-11-13(6,10-4)12(5,8-2)9-3/h7-9H,1-3,10-11H2,4-6H3. The molecule has 13 heavy (non-hydrogen) atoms. The number of rotatable bonds is 6. The Morgan fingerprint density at radius 2 is 1.54 bits per heavy atom. The Bertz CT molecular complexity index is 200. The van der Waals surface area contributed by atoms with Gasteiger partial charge in [0.15, 0.2) is 0 Å². The van der Waals surface area contributed by atoms with E-state index in [4.69, 9.17) is 0 Å². The van der Waals surface area contributed by atoms with E-state index in [-0.39, 0.29) is 0 Å². The summed E-state index contributed by atoms with van der Waals surface area (Å²) in [5.41, 5.74) is 4.39. The van der Waals surface area contributed by atoms with Gasteiger partial charge in [0.25, 0.3) is 0 Å². The van der Waals surface area contributed by atoms with Crippen LogP contribution in [0.15, 0.2) is 37.2 Å². The van der Waals surface area contributed by atoms with E-state index in [1.165, 1.54) is 12.1 Å². The molecule has 1 unspecified atom stereocenters. The van der Waals surface area contributed by atoms with Gasteiger partial charge in [-0.1, -0.05) is 43.5 Å². The lowest BCUT2D eigenvalue weighted by atomic mass is 10.8. The summed E-state index contributed by atoms with van der Waals surface area (Å²) < 4.78 is 0. The van der Waals surface area contributed by atoms with Gasteiger partial charge in [0.05, 0.1) is 15.2 Å². The molecule has 0 nitrogen and oxygen atoms in total. The van der Waals surface area contributed by atoms with Gasteiger partial charge in [-0.05, 0) is 6.04 Å². The normalized spacial score (nSPS) is 15.9. The van der Waals surface area contributed by atoms with Gasteiger partial charge < -0.3 is 0 Å². The van der Waals surface area contributed by atoms with E-state index in [9.17, 15) is 0 Å². The van der Waals surface area contributed by atoms with Crippen molar-refractivity contribution < 1.29 is 0 Å². The molecule has 0 N–H and O–H groups in total. The molecule has 0 heterocycles. The highest BCUT2D eigenvalue weighted by Gasteiger charge is 2.41. The summed E-state index contributed by atoms with van der Waals surface area (Å²) in [7, 11) is -2.57.